The first-order valence-corrected chi connectivity index (χ1v) is 9.77. The van der Waals surface area contributed by atoms with E-state index in [9.17, 15) is 19.7 Å². The number of rotatable bonds is 5. The minimum Gasteiger partial charge on any atom is -0.362 e. The lowest BCUT2D eigenvalue weighted by Gasteiger charge is -2.35. The maximum absolute atomic E-state index is 12.6. The molecule has 9 nitrogen and oxygen atoms in total. The van der Waals surface area contributed by atoms with Gasteiger partial charge in [0.05, 0.1) is 15.8 Å². The summed E-state index contributed by atoms with van der Waals surface area (Å²) >= 11 is 0. The summed E-state index contributed by atoms with van der Waals surface area (Å²) in [4.78, 5) is 46.5. The SMILES string of the molecule is O=C(CCc1nc2ccccc2c(=O)[nH]1)N1CCN(c2ccccc2[N+](=O)[O-])CC1. The zero-order valence-corrected chi connectivity index (χ0v) is 16.3. The molecule has 0 spiro atoms. The van der Waals surface area contributed by atoms with Gasteiger partial charge in [-0.25, -0.2) is 4.98 Å². The summed E-state index contributed by atoms with van der Waals surface area (Å²) in [6.07, 6.45) is 0.593. The average Bonchev–Trinajstić information content (AvgIpc) is 2.77. The Kier molecular flexibility index (Phi) is 5.42. The number of piperazine rings is 1. The van der Waals surface area contributed by atoms with Crippen molar-refractivity contribution in [1.82, 2.24) is 14.9 Å². The normalized spacial score (nSPS) is 14.1. The molecular weight excluding hydrogens is 386 g/mol. The molecule has 154 valence electrons. The van der Waals surface area contributed by atoms with E-state index >= 15 is 0 Å². The van der Waals surface area contributed by atoms with E-state index in [0.29, 0.717) is 55.0 Å². The van der Waals surface area contributed by atoms with Crippen LogP contribution in [0.15, 0.2) is 53.3 Å². The fourth-order valence-electron chi connectivity index (χ4n) is 3.72. The number of nitro groups is 1. The lowest BCUT2D eigenvalue weighted by Crippen LogP contribution is -2.49. The van der Waals surface area contributed by atoms with Gasteiger partial charge in [0.1, 0.15) is 11.5 Å². The Morgan fingerprint density at radius 1 is 1.07 bits per heavy atom. The Labute approximate surface area is 172 Å². The first kappa shape index (κ1) is 19.6. The van der Waals surface area contributed by atoms with Crippen LogP contribution in [0.1, 0.15) is 12.2 Å². The van der Waals surface area contributed by atoms with E-state index in [4.69, 9.17) is 0 Å². The third kappa shape index (κ3) is 4.00. The highest BCUT2D eigenvalue weighted by molar-refractivity contribution is 5.78. The standard InChI is InChI=1S/C21H21N5O4/c27-20(10-9-19-22-16-6-2-1-5-15(16)21(28)23-19)25-13-11-24(12-14-25)17-7-3-4-8-18(17)26(29)30/h1-8H,9-14H2,(H,22,23,28). The second-order valence-electron chi connectivity index (χ2n) is 7.14. The van der Waals surface area contributed by atoms with Crippen molar-refractivity contribution in [2.45, 2.75) is 12.8 Å². The summed E-state index contributed by atoms with van der Waals surface area (Å²) in [5.41, 5.74) is 1.05. The number of benzene rings is 2. The summed E-state index contributed by atoms with van der Waals surface area (Å²) in [7, 11) is 0. The lowest BCUT2D eigenvalue weighted by molar-refractivity contribution is -0.384. The number of nitrogens with zero attached hydrogens (tertiary/aromatic N) is 4. The van der Waals surface area contributed by atoms with Crippen LogP contribution in [-0.2, 0) is 11.2 Å². The van der Waals surface area contributed by atoms with Crippen LogP contribution in [0.2, 0.25) is 0 Å². The topological polar surface area (TPSA) is 112 Å². The summed E-state index contributed by atoms with van der Waals surface area (Å²) in [5.74, 6) is 0.471. The number of nitrogens with one attached hydrogen (secondary N) is 1. The average molecular weight is 407 g/mol. The predicted molar refractivity (Wildman–Crippen MR) is 113 cm³/mol. The number of aromatic nitrogens is 2. The Bertz CT molecular complexity index is 1150. The second kappa shape index (κ2) is 8.32. The van der Waals surface area contributed by atoms with Crippen molar-refractivity contribution in [3.05, 3.63) is 74.8 Å². The molecule has 1 saturated heterocycles. The third-order valence-electron chi connectivity index (χ3n) is 5.29. The molecule has 1 aliphatic heterocycles. The molecule has 1 fully saturated rings. The van der Waals surface area contributed by atoms with Crippen LogP contribution in [-0.4, -0.2) is 51.9 Å². The monoisotopic (exact) mass is 407 g/mol. The van der Waals surface area contributed by atoms with Gasteiger partial charge < -0.3 is 14.8 Å². The smallest absolute Gasteiger partial charge is 0.292 e. The number of fused-ring (bicyclic) bond motifs is 1. The number of H-pyrrole nitrogens is 1. The largest absolute Gasteiger partial charge is 0.362 e. The molecule has 3 aromatic rings. The minimum absolute atomic E-state index is 0.0204. The Hall–Kier alpha value is -3.75. The van der Waals surface area contributed by atoms with Crippen molar-refractivity contribution in [2.24, 2.45) is 0 Å². The van der Waals surface area contributed by atoms with Crippen LogP contribution in [0.3, 0.4) is 0 Å². The zero-order chi connectivity index (χ0) is 21.1. The van der Waals surface area contributed by atoms with Crippen molar-refractivity contribution < 1.29 is 9.72 Å². The Balaban J connectivity index is 1.36. The van der Waals surface area contributed by atoms with Crippen LogP contribution in [0.4, 0.5) is 11.4 Å². The van der Waals surface area contributed by atoms with Gasteiger partial charge in [-0.3, -0.25) is 19.7 Å². The Morgan fingerprint density at radius 3 is 2.53 bits per heavy atom. The molecule has 1 aliphatic rings. The van der Waals surface area contributed by atoms with Gasteiger partial charge in [-0.05, 0) is 18.2 Å². The number of anilines is 1. The highest BCUT2D eigenvalue weighted by Gasteiger charge is 2.25. The molecule has 1 amide bonds. The number of aryl methyl sites for hydroxylation is 1. The second-order valence-corrected chi connectivity index (χ2v) is 7.14. The number of nitro benzene ring substituents is 1. The molecule has 4 rings (SSSR count). The van der Waals surface area contributed by atoms with E-state index in [0.717, 1.165) is 0 Å². The van der Waals surface area contributed by atoms with Crippen LogP contribution in [0.5, 0.6) is 0 Å². The number of hydrogen-bond donors (Lipinski definition) is 1. The fraction of sp³-hybridized carbons (Fsp3) is 0.286. The summed E-state index contributed by atoms with van der Waals surface area (Å²) in [6, 6.07) is 13.7. The molecule has 30 heavy (non-hydrogen) atoms. The third-order valence-corrected chi connectivity index (χ3v) is 5.29. The van der Waals surface area contributed by atoms with Gasteiger partial charge in [-0.2, -0.15) is 0 Å². The molecule has 0 bridgehead atoms. The van der Waals surface area contributed by atoms with Gasteiger partial charge >= 0.3 is 0 Å². The van der Waals surface area contributed by atoms with E-state index < -0.39 is 0 Å². The summed E-state index contributed by atoms with van der Waals surface area (Å²) in [6.45, 7) is 2.04. The fourth-order valence-corrected chi connectivity index (χ4v) is 3.72. The van der Waals surface area contributed by atoms with Crippen molar-refractivity contribution in [3.8, 4) is 0 Å². The lowest BCUT2D eigenvalue weighted by atomic mass is 10.2. The number of carbonyl (C=O) groups excluding carboxylic acids is 1. The highest BCUT2D eigenvalue weighted by atomic mass is 16.6. The molecule has 0 aliphatic carbocycles. The number of amides is 1. The van der Waals surface area contributed by atoms with Gasteiger partial charge in [-0.15, -0.1) is 0 Å². The van der Waals surface area contributed by atoms with Gasteiger partial charge in [0.15, 0.2) is 0 Å². The quantitative estimate of drug-likeness (QED) is 0.512. The maximum atomic E-state index is 12.6. The van der Waals surface area contributed by atoms with Crippen molar-refractivity contribution in [3.63, 3.8) is 0 Å². The maximum Gasteiger partial charge on any atom is 0.292 e. The molecule has 2 heterocycles. The highest BCUT2D eigenvalue weighted by Crippen LogP contribution is 2.28. The van der Waals surface area contributed by atoms with E-state index in [1.54, 1.807) is 41.3 Å². The predicted octanol–water partition coefficient (Wildman–Crippen LogP) is 2.11. The first-order valence-electron chi connectivity index (χ1n) is 9.77. The van der Waals surface area contributed by atoms with Gasteiger partial charge in [0.2, 0.25) is 5.91 Å². The number of para-hydroxylation sites is 3. The molecule has 1 N–H and O–H groups in total. The number of hydrogen-bond acceptors (Lipinski definition) is 6. The zero-order valence-electron chi connectivity index (χ0n) is 16.3. The minimum atomic E-state index is -0.385. The molecule has 0 saturated carbocycles. The Morgan fingerprint density at radius 2 is 1.77 bits per heavy atom. The van der Waals surface area contributed by atoms with E-state index in [-0.39, 0.29) is 28.5 Å². The van der Waals surface area contributed by atoms with Gasteiger partial charge in [-0.1, -0.05) is 24.3 Å². The molecule has 0 unspecified atom stereocenters. The van der Waals surface area contributed by atoms with Crippen LogP contribution in [0.25, 0.3) is 10.9 Å². The number of carbonyl (C=O) groups is 1. The summed E-state index contributed by atoms with van der Waals surface area (Å²) in [5, 5.41) is 11.8. The van der Waals surface area contributed by atoms with E-state index in [1.807, 2.05) is 11.0 Å². The van der Waals surface area contributed by atoms with Gasteiger partial charge in [0.25, 0.3) is 11.2 Å². The number of aromatic amines is 1. The van der Waals surface area contributed by atoms with Crippen LogP contribution < -0.4 is 10.5 Å². The van der Waals surface area contributed by atoms with Gasteiger partial charge in [0, 0.05) is 45.1 Å². The molecule has 0 radical (unpaired) electrons. The van der Waals surface area contributed by atoms with E-state index in [2.05, 4.69) is 9.97 Å². The summed E-state index contributed by atoms with van der Waals surface area (Å²) < 4.78 is 0. The molecule has 9 heteroatoms. The van der Waals surface area contributed by atoms with Crippen LogP contribution >= 0.6 is 0 Å². The first-order chi connectivity index (χ1) is 14.5. The van der Waals surface area contributed by atoms with Crippen molar-refractivity contribution in [2.75, 3.05) is 31.1 Å². The van der Waals surface area contributed by atoms with E-state index in [1.165, 1.54) is 6.07 Å². The van der Waals surface area contributed by atoms with Crippen molar-refractivity contribution in [1.29, 1.82) is 0 Å². The molecular formula is C21H21N5O4. The molecule has 1 aromatic heterocycles. The molecule has 2 aromatic carbocycles. The molecule has 0 atom stereocenters. The van der Waals surface area contributed by atoms with Crippen molar-refractivity contribution >= 4 is 28.2 Å². The van der Waals surface area contributed by atoms with Crippen LogP contribution in [0, 0.1) is 10.1 Å².